The summed E-state index contributed by atoms with van der Waals surface area (Å²) in [6, 6.07) is 4.23. The Bertz CT molecular complexity index is 611. The first-order valence-corrected chi connectivity index (χ1v) is 8.16. The van der Waals surface area contributed by atoms with Crippen molar-refractivity contribution in [1.82, 2.24) is 14.8 Å². The molecule has 1 aliphatic carbocycles. The number of piperidine rings is 1. The Morgan fingerprint density at radius 3 is 2.62 bits per heavy atom. The average Bonchev–Trinajstić information content (AvgIpc) is 3.11. The van der Waals surface area contributed by atoms with Gasteiger partial charge in [0.2, 0.25) is 0 Å². The van der Waals surface area contributed by atoms with Crippen LogP contribution in [0.1, 0.15) is 48.8 Å². The second-order valence-electron chi connectivity index (χ2n) is 7.27. The van der Waals surface area contributed by atoms with Crippen molar-refractivity contribution in [1.29, 1.82) is 0 Å². The van der Waals surface area contributed by atoms with Gasteiger partial charge in [0.1, 0.15) is 1.41 Å². The third-order valence-electron chi connectivity index (χ3n) is 5.99. The van der Waals surface area contributed by atoms with Crippen molar-refractivity contribution in [2.24, 2.45) is 5.41 Å². The highest BCUT2D eigenvalue weighted by Crippen LogP contribution is 2.48. The number of Topliss-reactive ketones (excluding diaryl/α,β-unsaturated/α-hetero) is 1. The molecule has 0 unspecified atom stereocenters. The molecule has 0 amide bonds. The van der Waals surface area contributed by atoms with Crippen LogP contribution in [0, 0.1) is 5.41 Å². The molecule has 1 N–H and O–H groups in total. The van der Waals surface area contributed by atoms with Gasteiger partial charge in [0.25, 0.3) is 0 Å². The van der Waals surface area contributed by atoms with Gasteiger partial charge < -0.3 is 9.88 Å². The minimum Gasteiger partial charge on any atom is -0.339 e. The van der Waals surface area contributed by atoms with E-state index >= 15 is 0 Å². The zero-order valence-corrected chi connectivity index (χ0v) is 13.1. The smallest absolute Gasteiger partial charge is 0.185 e. The molecule has 4 nitrogen and oxygen atoms in total. The predicted octanol–water partition coefficient (Wildman–Crippen LogP) is 2.00. The maximum absolute atomic E-state index is 12.8. The van der Waals surface area contributed by atoms with Gasteiger partial charge in [-0.25, -0.2) is 0 Å². The van der Waals surface area contributed by atoms with Gasteiger partial charge >= 0.3 is 0 Å². The summed E-state index contributed by atoms with van der Waals surface area (Å²) < 4.78 is 10.1. The maximum atomic E-state index is 12.8. The minimum absolute atomic E-state index is 0.0127. The molecule has 1 spiro atoms. The van der Waals surface area contributed by atoms with Gasteiger partial charge in [-0.15, -0.1) is 0 Å². The lowest BCUT2D eigenvalue weighted by Gasteiger charge is -2.48. The first-order chi connectivity index (χ1) is 10.5. The molecule has 2 fully saturated rings. The molecule has 3 heterocycles. The lowest BCUT2D eigenvalue weighted by molar-refractivity contribution is 0.0470. The molecule has 3 aliphatic rings. The van der Waals surface area contributed by atoms with Crippen LogP contribution in [0.5, 0.6) is 0 Å². The lowest BCUT2D eigenvalue weighted by atomic mass is 9.82. The summed E-state index contributed by atoms with van der Waals surface area (Å²) in [4.78, 5) is 15.2. The summed E-state index contributed by atoms with van der Waals surface area (Å²) in [6.07, 6.45) is 4.01. The van der Waals surface area contributed by atoms with Crippen molar-refractivity contribution in [2.75, 3.05) is 26.7 Å². The highest BCUT2D eigenvalue weighted by Gasteiger charge is 2.48. The number of carbonyl (C=O) groups is 1. The summed E-state index contributed by atoms with van der Waals surface area (Å²) in [5.41, 5.74) is 2.12. The van der Waals surface area contributed by atoms with Crippen molar-refractivity contribution < 1.29 is 6.21 Å². The molecular formula is C17H25N3O. The van der Waals surface area contributed by atoms with Crippen LogP contribution < -0.4 is 5.31 Å². The lowest BCUT2D eigenvalue weighted by Crippen LogP contribution is -2.55. The quantitative estimate of drug-likeness (QED) is 0.846. The SMILES string of the molecule is [2H]N1CCC2(CC1)c1ccc(C(=O)C3(C)CC3)n1CCN2C. The van der Waals surface area contributed by atoms with Crippen molar-refractivity contribution in [3.05, 3.63) is 23.5 Å². The summed E-state index contributed by atoms with van der Waals surface area (Å²) in [6.45, 7) is 5.59. The van der Waals surface area contributed by atoms with Gasteiger partial charge in [0.05, 0.1) is 11.2 Å². The second kappa shape index (κ2) is 4.43. The third kappa shape index (κ3) is 1.85. The molecule has 0 radical (unpaired) electrons. The number of rotatable bonds is 2. The average molecular weight is 288 g/mol. The molecule has 4 rings (SSSR count). The van der Waals surface area contributed by atoms with E-state index < -0.39 is 0 Å². The number of nitrogens with zero attached hydrogens (tertiary/aromatic N) is 2. The van der Waals surface area contributed by atoms with E-state index in [1.54, 1.807) is 5.31 Å². The molecule has 0 atom stereocenters. The number of carbonyl (C=O) groups excluding carboxylic acids is 1. The van der Waals surface area contributed by atoms with E-state index in [1.807, 2.05) is 0 Å². The van der Waals surface area contributed by atoms with E-state index in [-0.39, 0.29) is 11.0 Å². The molecule has 1 saturated heterocycles. The number of aromatic nitrogens is 1. The molecule has 4 heteroatoms. The Morgan fingerprint density at radius 2 is 1.95 bits per heavy atom. The van der Waals surface area contributed by atoms with Gasteiger partial charge in [-0.05, 0) is 58.0 Å². The molecule has 0 aromatic carbocycles. The predicted molar refractivity (Wildman–Crippen MR) is 82.5 cm³/mol. The Morgan fingerprint density at radius 1 is 1.24 bits per heavy atom. The Balaban J connectivity index is 1.74. The van der Waals surface area contributed by atoms with Crippen LogP contribution in [0.4, 0.5) is 0 Å². The molecule has 0 bridgehead atoms. The van der Waals surface area contributed by atoms with Gasteiger partial charge in [-0.2, -0.15) is 0 Å². The zero-order valence-electron chi connectivity index (χ0n) is 14.1. The van der Waals surface area contributed by atoms with Gasteiger partial charge in [-0.1, -0.05) is 6.92 Å². The van der Waals surface area contributed by atoms with Crippen LogP contribution in [0.2, 0.25) is 1.41 Å². The fourth-order valence-electron chi connectivity index (χ4n) is 4.10. The van der Waals surface area contributed by atoms with E-state index in [9.17, 15) is 4.79 Å². The highest BCUT2D eigenvalue weighted by molar-refractivity contribution is 6.01. The van der Waals surface area contributed by atoms with Crippen LogP contribution in [0.25, 0.3) is 0 Å². The van der Waals surface area contributed by atoms with E-state index in [1.165, 1.54) is 5.69 Å². The molecule has 114 valence electrons. The van der Waals surface area contributed by atoms with E-state index in [2.05, 4.69) is 35.6 Å². The first-order valence-electron chi connectivity index (χ1n) is 8.61. The summed E-state index contributed by atoms with van der Waals surface area (Å²) in [5.74, 6) is 0.330. The second-order valence-corrected chi connectivity index (χ2v) is 7.27. The fourth-order valence-corrected chi connectivity index (χ4v) is 4.10. The standard InChI is InChI=1S/C17H25N3O/c1-16(5-6-16)15(21)13-3-4-14-17(7-9-18-10-8-17)19(2)11-12-20(13)14/h3-4,18H,5-12H2,1-2H3/i/hD. The highest BCUT2D eigenvalue weighted by atomic mass is 16.1. The molecule has 1 aromatic heterocycles. The minimum atomic E-state index is -0.101. The number of fused-ring (bicyclic) bond motifs is 2. The molecule has 1 aromatic rings. The van der Waals surface area contributed by atoms with Crippen LogP contribution in [0.15, 0.2) is 12.1 Å². The maximum Gasteiger partial charge on any atom is 0.185 e. The number of hydrogen-bond acceptors (Lipinski definition) is 3. The number of likely N-dealkylation sites (N-methyl/N-ethyl adjacent to an activating group) is 1. The molecular weight excluding hydrogens is 262 g/mol. The van der Waals surface area contributed by atoms with Crippen LogP contribution in [-0.2, 0) is 12.1 Å². The van der Waals surface area contributed by atoms with Crippen molar-refractivity contribution >= 4 is 5.78 Å². The van der Waals surface area contributed by atoms with E-state index in [0.717, 1.165) is 57.6 Å². The van der Waals surface area contributed by atoms with Crippen LogP contribution in [0.3, 0.4) is 0 Å². The zero-order chi connectivity index (χ0) is 15.5. The van der Waals surface area contributed by atoms with Gasteiger partial charge in [0, 0.05) is 24.2 Å². The molecule has 2 aliphatic heterocycles. The summed E-state index contributed by atoms with van der Waals surface area (Å²) >= 11 is 0. The van der Waals surface area contributed by atoms with Crippen molar-refractivity contribution in [2.45, 2.75) is 44.7 Å². The summed E-state index contributed by atoms with van der Waals surface area (Å²) in [7, 11) is 2.19. The van der Waals surface area contributed by atoms with E-state index in [4.69, 9.17) is 1.41 Å². The molecule has 21 heavy (non-hydrogen) atoms. The van der Waals surface area contributed by atoms with Crippen molar-refractivity contribution in [3.63, 3.8) is 0 Å². The number of hydrogen-bond donors (Lipinski definition) is 1. The topological polar surface area (TPSA) is 37.3 Å². The largest absolute Gasteiger partial charge is 0.339 e. The van der Waals surface area contributed by atoms with Crippen molar-refractivity contribution in [3.8, 4) is 0 Å². The monoisotopic (exact) mass is 288 g/mol. The van der Waals surface area contributed by atoms with Gasteiger partial charge in [-0.3, -0.25) is 9.69 Å². The first kappa shape index (κ1) is 12.4. The Labute approximate surface area is 128 Å². The van der Waals surface area contributed by atoms with E-state index in [0.29, 0.717) is 5.78 Å². The Hall–Kier alpha value is -1.13. The Kier molecular flexibility index (Phi) is 2.62. The number of nitrogens with one attached hydrogen (secondary N) is 1. The van der Waals surface area contributed by atoms with Gasteiger partial charge in [0.15, 0.2) is 5.78 Å². The normalized spacial score (nSPS) is 28.2. The van der Waals surface area contributed by atoms with Crippen LogP contribution in [-0.4, -0.2) is 41.9 Å². The summed E-state index contributed by atoms with van der Waals surface area (Å²) in [5, 5.41) is 1.66. The number of ketones is 1. The fraction of sp³-hybridized carbons (Fsp3) is 0.706. The third-order valence-corrected chi connectivity index (χ3v) is 5.99. The van der Waals surface area contributed by atoms with Crippen LogP contribution >= 0.6 is 0 Å². The molecule has 1 saturated carbocycles.